The molecule has 0 aromatic heterocycles. The molecule has 0 rings (SSSR count). The van der Waals surface area contributed by atoms with Crippen LogP contribution in [0.4, 0.5) is 0 Å². The van der Waals surface area contributed by atoms with Gasteiger partial charge in [-0.2, -0.15) is 0 Å². The maximum atomic E-state index is 9.80. The number of rotatable bonds is 1. The van der Waals surface area contributed by atoms with E-state index < -0.39 is 3.79 Å². The molecule has 0 aromatic rings. The number of aldehydes is 1. The minimum absolute atomic E-state index is 0.0532. The van der Waals surface area contributed by atoms with Gasteiger partial charge in [-0.1, -0.05) is 41.4 Å². The lowest BCUT2D eigenvalue weighted by molar-refractivity contribution is -0.104. The van der Waals surface area contributed by atoms with Crippen LogP contribution >= 0.6 is 34.8 Å². The molecular formula is C4H3Cl3O. The van der Waals surface area contributed by atoms with Gasteiger partial charge in [0.15, 0.2) is 0 Å². The van der Waals surface area contributed by atoms with Gasteiger partial charge in [-0.15, -0.1) is 0 Å². The number of halogens is 3. The van der Waals surface area contributed by atoms with Gasteiger partial charge in [-0.25, -0.2) is 0 Å². The number of hydrogen-bond donors (Lipinski definition) is 0. The largest absolute Gasteiger partial charge is 0.298 e. The average molecular weight is 173 g/mol. The molecule has 0 aliphatic rings. The van der Waals surface area contributed by atoms with E-state index in [9.17, 15) is 4.79 Å². The summed E-state index contributed by atoms with van der Waals surface area (Å²) < 4.78 is -1.64. The van der Waals surface area contributed by atoms with Gasteiger partial charge in [0.05, 0.1) is 0 Å². The molecule has 4 heteroatoms. The minimum atomic E-state index is -1.64. The molecule has 0 aliphatic heterocycles. The van der Waals surface area contributed by atoms with Crippen LogP contribution < -0.4 is 0 Å². The van der Waals surface area contributed by atoms with E-state index >= 15 is 0 Å². The van der Waals surface area contributed by atoms with E-state index in [0.29, 0.717) is 6.29 Å². The van der Waals surface area contributed by atoms with Crippen LogP contribution in [0.2, 0.25) is 0 Å². The Hall–Kier alpha value is 0.280. The number of carbonyl (C=O) groups is 1. The van der Waals surface area contributed by atoms with Crippen LogP contribution in [-0.2, 0) is 4.79 Å². The fraction of sp³-hybridized carbons (Fsp3) is 0.250. The molecule has 46 valence electrons. The first-order chi connectivity index (χ1) is 3.48. The van der Waals surface area contributed by atoms with E-state index in [1.54, 1.807) is 0 Å². The van der Waals surface area contributed by atoms with E-state index in [1.165, 1.54) is 0 Å². The Morgan fingerprint density at radius 1 is 1.50 bits per heavy atom. The first-order valence-corrected chi connectivity index (χ1v) is 2.83. The quantitative estimate of drug-likeness (QED) is 0.337. The monoisotopic (exact) mass is 172 g/mol. The van der Waals surface area contributed by atoms with Crippen LogP contribution in [0.1, 0.15) is 0 Å². The van der Waals surface area contributed by atoms with E-state index in [1.807, 2.05) is 0 Å². The van der Waals surface area contributed by atoms with Gasteiger partial charge in [0.2, 0.25) is 3.79 Å². The lowest BCUT2D eigenvalue weighted by Gasteiger charge is -2.06. The maximum absolute atomic E-state index is 9.80. The van der Waals surface area contributed by atoms with Crippen LogP contribution in [0, 0.1) is 0 Å². The van der Waals surface area contributed by atoms with Crippen molar-refractivity contribution in [1.29, 1.82) is 0 Å². The van der Waals surface area contributed by atoms with E-state index in [4.69, 9.17) is 34.8 Å². The smallest absolute Gasteiger partial charge is 0.218 e. The predicted octanol–water partition coefficient (Wildman–Crippen LogP) is 2.11. The van der Waals surface area contributed by atoms with Gasteiger partial charge in [-0.3, -0.25) is 4.79 Å². The molecule has 0 aliphatic carbocycles. The van der Waals surface area contributed by atoms with Crippen LogP contribution in [0.25, 0.3) is 0 Å². The second kappa shape index (κ2) is 2.72. The molecule has 8 heavy (non-hydrogen) atoms. The summed E-state index contributed by atoms with van der Waals surface area (Å²) in [5.74, 6) is 0. The summed E-state index contributed by atoms with van der Waals surface area (Å²) in [6.07, 6.45) is 0.410. The third-order valence-electron chi connectivity index (χ3n) is 0.506. The van der Waals surface area contributed by atoms with Crippen LogP contribution in [0.3, 0.4) is 0 Å². The van der Waals surface area contributed by atoms with Crippen LogP contribution in [0.15, 0.2) is 12.2 Å². The van der Waals surface area contributed by atoms with Gasteiger partial charge in [0, 0.05) is 5.57 Å². The third-order valence-corrected chi connectivity index (χ3v) is 1.23. The first-order valence-electron chi connectivity index (χ1n) is 1.69. The zero-order chi connectivity index (χ0) is 6.78. The Morgan fingerprint density at radius 2 is 1.88 bits per heavy atom. The van der Waals surface area contributed by atoms with Crippen molar-refractivity contribution in [2.45, 2.75) is 3.79 Å². The molecular weight excluding hydrogens is 170 g/mol. The normalized spacial score (nSPS) is 10.9. The van der Waals surface area contributed by atoms with Gasteiger partial charge in [0.25, 0.3) is 0 Å². The van der Waals surface area contributed by atoms with Gasteiger partial charge in [-0.05, 0) is 0 Å². The summed E-state index contributed by atoms with van der Waals surface area (Å²) in [5, 5.41) is 0. The van der Waals surface area contributed by atoms with Crippen molar-refractivity contribution in [1.82, 2.24) is 0 Å². The molecule has 0 aromatic carbocycles. The summed E-state index contributed by atoms with van der Waals surface area (Å²) in [4.78, 5) is 9.80. The highest BCUT2D eigenvalue weighted by Gasteiger charge is 2.22. The summed E-state index contributed by atoms with van der Waals surface area (Å²) >= 11 is 15.6. The third kappa shape index (κ3) is 2.55. The fourth-order valence-electron chi connectivity index (χ4n) is 0.0668. The van der Waals surface area contributed by atoms with Crippen molar-refractivity contribution in [2.24, 2.45) is 0 Å². The van der Waals surface area contributed by atoms with Gasteiger partial charge >= 0.3 is 0 Å². The molecule has 0 amide bonds. The van der Waals surface area contributed by atoms with E-state index in [-0.39, 0.29) is 5.57 Å². The molecule has 0 radical (unpaired) electrons. The molecule has 0 bridgehead atoms. The standard InChI is InChI=1S/C4H3Cl3O/c1-3(2-8)4(5,6)7/h2H,1H2. The number of hydrogen-bond acceptors (Lipinski definition) is 1. The summed E-state index contributed by atoms with van der Waals surface area (Å²) in [7, 11) is 0. The Balaban J connectivity index is 4.02. The topological polar surface area (TPSA) is 17.1 Å². The highest BCUT2D eigenvalue weighted by molar-refractivity contribution is 6.70. The van der Waals surface area contributed by atoms with Crippen molar-refractivity contribution >= 4 is 41.1 Å². The van der Waals surface area contributed by atoms with Crippen molar-refractivity contribution < 1.29 is 4.79 Å². The molecule has 0 saturated heterocycles. The zero-order valence-electron chi connectivity index (χ0n) is 3.83. The maximum Gasteiger partial charge on any atom is 0.218 e. The SMILES string of the molecule is C=C(C=O)C(Cl)(Cl)Cl. The van der Waals surface area contributed by atoms with Crippen LogP contribution in [0.5, 0.6) is 0 Å². The second-order valence-electron chi connectivity index (χ2n) is 1.14. The molecule has 0 spiro atoms. The fourth-order valence-corrected chi connectivity index (χ4v) is 0.200. The Morgan fingerprint density at radius 3 is 1.88 bits per heavy atom. The lowest BCUT2D eigenvalue weighted by atomic mass is 10.4. The Bertz CT molecular complexity index is 113. The number of allylic oxidation sites excluding steroid dienone is 1. The van der Waals surface area contributed by atoms with Gasteiger partial charge < -0.3 is 0 Å². The summed E-state index contributed by atoms with van der Waals surface area (Å²) in [6.45, 7) is 3.18. The van der Waals surface area contributed by atoms with Crippen LogP contribution in [-0.4, -0.2) is 10.1 Å². The molecule has 1 nitrogen and oxygen atoms in total. The highest BCUT2D eigenvalue weighted by Crippen LogP contribution is 2.31. The zero-order valence-corrected chi connectivity index (χ0v) is 6.09. The minimum Gasteiger partial charge on any atom is -0.298 e. The van der Waals surface area contributed by atoms with Gasteiger partial charge in [0.1, 0.15) is 6.29 Å². The second-order valence-corrected chi connectivity index (χ2v) is 3.42. The highest BCUT2D eigenvalue weighted by atomic mass is 35.6. The molecule has 0 atom stereocenters. The van der Waals surface area contributed by atoms with E-state index in [0.717, 1.165) is 0 Å². The Kier molecular flexibility index (Phi) is 2.81. The van der Waals surface area contributed by atoms with Crippen molar-refractivity contribution in [3.05, 3.63) is 12.2 Å². The molecule has 0 saturated carbocycles. The Labute approximate surface area is 62.2 Å². The van der Waals surface area contributed by atoms with Crippen molar-refractivity contribution in [2.75, 3.05) is 0 Å². The molecule has 0 unspecified atom stereocenters. The first kappa shape index (κ1) is 8.28. The molecule has 0 fully saturated rings. The average Bonchev–Trinajstić information content (AvgIpc) is 1.62. The van der Waals surface area contributed by atoms with E-state index in [2.05, 4.69) is 6.58 Å². The predicted molar refractivity (Wildman–Crippen MR) is 35.5 cm³/mol. The number of carbonyl (C=O) groups excluding carboxylic acids is 1. The molecule has 0 heterocycles. The van der Waals surface area contributed by atoms with Crippen molar-refractivity contribution in [3.8, 4) is 0 Å². The lowest BCUT2D eigenvalue weighted by Crippen LogP contribution is -2.05. The summed E-state index contributed by atoms with van der Waals surface area (Å²) in [5.41, 5.74) is -0.0532. The van der Waals surface area contributed by atoms with Crippen molar-refractivity contribution in [3.63, 3.8) is 0 Å². The molecule has 0 N–H and O–H groups in total. The summed E-state index contributed by atoms with van der Waals surface area (Å²) in [6, 6.07) is 0. The number of alkyl halides is 3.